The molecule has 2 heterocycles. The zero-order chi connectivity index (χ0) is 18.7. The summed E-state index contributed by atoms with van der Waals surface area (Å²) in [7, 11) is 0. The lowest BCUT2D eigenvalue weighted by molar-refractivity contribution is -0.147. The second-order valence-electron chi connectivity index (χ2n) is 6.49. The SMILES string of the molecule is CCOCC(=O)N1CCC(Cn2c(C(F)(F)F)nc3ccccc32)CC1. The lowest BCUT2D eigenvalue weighted by Crippen LogP contribution is -2.41. The number of rotatable bonds is 5. The van der Waals surface area contributed by atoms with E-state index in [-0.39, 0.29) is 25.0 Å². The van der Waals surface area contributed by atoms with E-state index in [1.807, 2.05) is 6.92 Å². The van der Waals surface area contributed by atoms with Crippen LogP contribution in [0.4, 0.5) is 13.2 Å². The fourth-order valence-corrected chi connectivity index (χ4v) is 3.38. The highest BCUT2D eigenvalue weighted by molar-refractivity contribution is 5.77. The molecule has 0 saturated carbocycles. The number of halogens is 3. The minimum Gasteiger partial charge on any atom is -0.372 e. The maximum absolute atomic E-state index is 13.4. The molecule has 1 aromatic heterocycles. The molecule has 0 radical (unpaired) electrons. The number of hydrogen-bond acceptors (Lipinski definition) is 3. The van der Waals surface area contributed by atoms with Crippen molar-refractivity contribution in [3.05, 3.63) is 30.1 Å². The summed E-state index contributed by atoms with van der Waals surface area (Å²) >= 11 is 0. The Balaban J connectivity index is 1.71. The number of piperidine rings is 1. The molecule has 0 spiro atoms. The Labute approximate surface area is 149 Å². The Hall–Kier alpha value is -2.09. The molecule has 8 heteroatoms. The number of carbonyl (C=O) groups is 1. The van der Waals surface area contributed by atoms with Gasteiger partial charge in [-0.15, -0.1) is 0 Å². The third kappa shape index (κ3) is 4.00. The number of hydrogen-bond donors (Lipinski definition) is 0. The Kier molecular flexibility index (Phi) is 5.50. The zero-order valence-electron chi connectivity index (χ0n) is 14.6. The van der Waals surface area contributed by atoms with Crippen molar-refractivity contribution in [2.24, 2.45) is 5.92 Å². The number of imidazole rings is 1. The number of likely N-dealkylation sites (tertiary alicyclic amines) is 1. The Morgan fingerprint density at radius 1 is 1.27 bits per heavy atom. The fourth-order valence-electron chi connectivity index (χ4n) is 3.38. The number of ether oxygens (including phenoxy) is 1. The molecule has 1 saturated heterocycles. The molecular formula is C18H22F3N3O2. The van der Waals surface area contributed by atoms with Gasteiger partial charge in [0.25, 0.3) is 0 Å². The second kappa shape index (κ2) is 7.65. The van der Waals surface area contributed by atoms with E-state index in [2.05, 4.69) is 4.98 Å². The van der Waals surface area contributed by atoms with Crippen LogP contribution in [0.25, 0.3) is 11.0 Å². The number of aromatic nitrogens is 2. The first-order valence-electron chi connectivity index (χ1n) is 8.78. The molecule has 5 nitrogen and oxygen atoms in total. The highest BCUT2D eigenvalue weighted by atomic mass is 19.4. The van der Waals surface area contributed by atoms with Crippen LogP contribution in [-0.4, -0.2) is 46.7 Å². The van der Waals surface area contributed by atoms with Gasteiger partial charge in [-0.2, -0.15) is 13.2 Å². The van der Waals surface area contributed by atoms with E-state index < -0.39 is 12.0 Å². The first kappa shape index (κ1) is 18.7. The van der Waals surface area contributed by atoms with Gasteiger partial charge in [0, 0.05) is 26.2 Å². The maximum atomic E-state index is 13.4. The quantitative estimate of drug-likeness (QED) is 0.812. The van der Waals surface area contributed by atoms with Crippen LogP contribution in [0.5, 0.6) is 0 Å². The maximum Gasteiger partial charge on any atom is 0.449 e. The molecule has 1 aliphatic heterocycles. The van der Waals surface area contributed by atoms with E-state index >= 15 is 0 Å². The predicted molar refractivity (Wildman–Crippen MR) is 90.5 cm³/mol. The van der Waals surface area contributed by atoms with E-state index in [1.165, 1.54) is 4.57 Å². The molecular weight excluding hydrogens is 347 g/mol. The van der Waals surface area contributed by atoms with Gasteiger partial charge in [-0.3, -0.25) is 4.79 Å². The van der Waals surface area contributed by atoms with Crippen molar-refractivity contribution in [2.75, 3.05) is 26.3 Å². The molecule has 0 bridgehead atoms. The Bertz CT molecular complexity index is 765. The highest BCUT2D eigenvalue weighted by Crippen LogP contribution is 2.33. The largest absolute Gasteiger partial charge is 0.449 e. The third-order valence-electron chi connectivity index (χ3n) is 4.75. The predicted octanol–water partition coefficient (Wildman–Crippen LogP) is 3.33. The molecule has 26 heavy (non-hydrogen) atoms. The minimum atomic E-state index is -4.49. The summed E-state index contributed by atoms with van der Waals surface area (Å²) < 4.78 is 46.5. The summed E-state index contributed by atoms with van der Waals surface area (Å²) in [6, 6.07) is 6.66. The van der Waals surface area contributed by atoms with Crippen LogP contribution in [0.15, 0.2) is 24.3 Å². The lowest BCUT2D eigenvalue weighted by atomic mass is 9.96. The average Bonchev–Trinajstić information content (AvgIpc) is 2.99. The van der Waals surface area contributed by atoms with E-state index in [1.54, 1.807) is 29.2 Å². The van der Waals surface area contributed by atoms with Gasteiger partial charge in [-0.25, -0.2) is 4.98 Å². The van der Waals surface area contributed by atoms with Crippen molar-refractivity contribution < 1.29 is 22.7 Å². The van der Waals surface area contributed by atoms with Crippen LogP contribution in [0.2, 0.25) is 0 Å². The standard InChI is InChI=1S/C18H22F3N3O2/c1-2-26-12-16(25)23-9-7-13(8-10-23)11-24-15-6-4-3-5-14(15)22-17(24)18(19,20)21/h3-6,13H,2,7-12H2,1H3. The Morgan fingerprint density at radius 3 is 2.62 bits per heavy atom. The summed E-state index contributed by atoms with van der Waals surface area (Å²) in [5.74, 6) is -0.840. The zero-order valence-corrected chi connectivity index (χ0v) is 14.6. The van der Waals surface area contributed by atoms with Crippen molar-refractivity contribution in [3.63, 3.8) is 0 Å². The molecule has 0 N–H and O–H groups in total. The van der Waals surface area contributed by atoms with Crippen molar-refractivity contribution >= 4 is 16.9 Å². The molecule has 1 aliphatic rings. The highest BCUT2D eigenvalue weighted by Gasteiger charge is 2.38. The lowest BCUT2D eigenvalue weighted by Gasteiger charge is -2.32. The van der Waals surface area contributed by atoms with Crippen molar-refractivity contribution in [1.82, 2.24) is 14.5 Å². The van der Waals surface area contributed by atoms with E-state index in [0.717, 1.165) is 0 Å². The average molecular weight is 369 g/mol. The summed E-state index contributed by atoms with van der Waals surface area (Å²) in [5.41, 5.74) is 0.846. The summed E-state index contributed by atoms with van der Waals surface area (Å²) in [5, 5.41) is 0. The number of benzene rings is 1. The normalized spacial score (nSPS) is 16.4. The number of carbonyl (C=O) groups excluding carboxylic acids is 1. The minimum absolute atomic E-state index is 0.0608. The molecule has 1 aromatic carbocycles. The number of para-hydroxylation sites is 2. The van der Waals surface area contributed by atoms with Crippen LogP contribution in [0.1, 0.15) is 25.6 Å². The first-order chi connectivity index (χ1) is 12.4. The van der Waals surface area contributed by atoms with Crippen LogP contribution < -0.4 is 0 Å². The smallest absolute Gasteiger partial charge is 0.372 e. The van der Waals surface area contributed by atoms with Gasteiger partial charge in [-0.1, -0.05) is 12.1 Å². The van der Waals surface area contributed by atoms with Crippen molar-refractivity contribution in [2.45, 2.75) is 32.5 Å². The molecule has 1 fully saturated rings. The van der Waals surface area contributed by atoms with Crippen molar-refractivity contribution in [3.8, 4) is 0 Å². The van der Waals surface area contributed by atoms with Crippen LogP contribution in [0, 0.1) is 5.92 Å². The summed E-state index contributed by atoms with van der Waals surface area (Å²) in [6.45, 7) is 3.72. The van der Waals surface area contributed by atoms with Gasteiger partial charge < -0.3 is 14.2 Å². The van der Waals surface area contributed by atoms with Crippen LogP contribution in [0.3, 0.4) is 0 Å². The molecule has 0 atom stereocenters. The van der Waals surface area contributed by atoms with Crippen LogP contribution >= 0.6 is 0 Å². The monoisotopic (exact) mass is 369 g/mol. The van der Waals surface area contributed by atoms with Crippen LogP contribution in [-0.2, 0) is 22.3 Å². The van der Waals surface area contributed by atoms with E-state index in [0.29, 0.717) is 43.6 Å². The van der Waals surface area contributed by atoms with Gasteiger partial charge in [0.15, 0.2) is 0 Å². The van der Waals surface area contributed by atoms with Gasteiger partial charge in [-0.05, 0) is 37.8 Å². The van der Waals surface area contributed by atoms with E-state index in [9.17, 15) is 18.0 Å². The number of amides is 1. The molecule has 142 valence electrons. The molecule has 1 amide bonds. The molecule has 0 aliphatic carbocycles. The Morgan fingerprint density at radius 2 is 1.96 bits per heavy atom. The number of fused-ring (bicyclic) bond motifs is 1. The third-order valence-corrected chi connectivity index (χ3v) is 4.75. The fraction of sp³-hybridized carbons (Fsp3) is 0.556. The summed E-state index contributed by atoms with van der Waals surface area (Å²) in [6.07, 6.45) is -3.16. The topological polar surface area (TPSA) is 47.4 Å². The number of alkyl halides is 3. The molecule has 0 unspecified atom stereocenters. The second-order valence-corrected chi connectivity index (χ2v) is 6.49. The van der Waals surface area contributed by atoms with Gasteiger partial charge in [0.1, 0.15) is 6.61 Å². The van der Waals surface area contributed by atoms with Crippen molar-refractivity contribution in [1.29, 1.82) is 0 Å². The summed E-state index contributed by atoms with van der Waals surface area (Å²) in [4.78, 5) is 17.5. The first-order valence-corrected chi connectivity index (χ1v) is 8.78. The van der Waals surface area contributed by atoms with Gasteiger partial charge >= 0.3 is 6.18 Å². The van der Waals surface area contributed by atoms with E-state index in [4.69, 9.17) is 4.74 Å². The van der Waals surface area contributed by atoms with Gasteiger partial charge in [0.05, 0.1) is 11.0 Å². The molecule has 2 aromatic rings. The van der Waals surface area contributed by atoms with Gasteiger partial charge in [0.2, 0.25) is 11.7 Å². The number of nitrogens with zero attached hydrogens (tertiary/aromatic N) is 3. The molecule has 3 rings (SSSR count).